The molecule has 0 radical (unpaired) electrons. The lowest BCUT2D eigenvalue weighted by atomic mass is 10.2. The minimum atomic E-state index is -0.918. The molecule has 0 saturated heterocycles. The molecule has 0 aromatic heterocycles. The van der Waals surface area contributed by atoms with E-state index < -0.39 is 11.6 Å². The van der Waals surface area contributed by atoms with Gasteiger partial charge in [0.25, 0.3) is 0 Å². The minimum Gasteiger partial charge on any atom is -0.497 e. The van der Waals surface area contributed by atoms with Crippen LogP contribution in [0.15, 0.2) is 60.0 Å². The molecule has 0 unspecified atom stereocenters. The number of ether oxygens (including phenoxy) is 1. The molecular formula is C19H19F2NO2S. The van der Waals surface area contributed by atoms with Crippen LogP contribution in [0.2, 0.25) is 0 Å². The van der Waals surface area contributed by atoms with Crippen LogP contribution in [0.3, 0.4) is 0 Å². The summed E-state index contributed by atoms with van der Waals surface area (Å²) in [5.41, 5.74) is 0.967. The van der Waals surface area contributed by atoms with Crippen LogP contribution >= 0.6 is 11.8 Å². The highest BCUT2D eigenvalue weighted by molar-refractivity contribution is 8.00. The van der Waals surface area contributed by atoms with Crippen molar-refractivity contribution in [3.8, 4) is 5.75 Å². The maximum atomic E-state index is 13.2. The fourth-order valence-electron chi connectivity index (χ4n) is 2.16. The molecular weight excluding hydrogens is 344 g/mol. The van der Waals surface area contributed by atoms with E-state index in [2.05, 4.69) is 6.58 Å². The zero-order valence-corrected chi connectivity index (χ0v) is 14.7. The van der Waals surface area contributed by atoms with Gasteiger partial charge in [-0.25, -0.2) is 8.78 Å². The number of hydrogen-bond acceptors (Lipinski definition) is 3. The Labute approximate surface area is 150 Å². The van der Waals surface area contributed by atoms with Gasteiger partial charge in [-0.3, -0.25) is 4.79 Å². The Kier molecular flexibility index (Phi) is 7.01. The Morgan fingerprint density at radius 3 is 2.52 bits per heavy atom. The number of halogens is 2. The quantitative estimate of drug-likeness (QED) is 0.518. The van der Waals surface area contributed by atoms with E-state index >= 15 is 0 Å². The average Bonchev–Trinajstić information content (AvgIpc) is 2.62. The minimum absolute atomic E-state index is 0.106. The van der Waals surface area contributed by atoms with E-state index in [0.29, 0.717) is 18.0 Å². The molecule has 132 valence electrons. The lowest BCUT2D eigenvalue weighted by molar-refractivity contribution is -0.128. The molecule has 3 nitrogen and oxygen atoms in total. The smallest absolute Gasteiger partial charge is 0.233 e. The Bertz CT molecular complexity index is 735. The Morgan fingerprint density at radius 2 is 1.92 bits per heavy atom. The molecule has 0 heterocycles. The Balaban J connectivity index is 1.98. The molecule has 0 fully saturated rings. The molecule has 2 aromatic rings. The maximum Gasteiger partial charge on any atom is 0.233 e. The van der Waals surface area contributed by atoms with Crippen LogP contribution in [0.25, 0.3) is 0 Å². The number of benzene rings is 2. The lowest BCUT2D eigenvalue weighted by Gasteiger charge is -2.21. The van der Waals surface area contributed by atoms with E-state index in [9.17, 15) is 13.6 Å². The van der Waals surface area contributed by atoms with Gasteiger partial charge in [0.2, 0.25) is 5.91 Å². The molecule has 1 amide bonds. The van der Waals surface area contributed by atoms with Crippen molar-refractivity contribution in [3.05, 3.63) is 72.3 Å². The second-order valence-corrected chi connectivity index (χ2v) is 6.32. The highest BCUT2D eigenvalue weighted by Crippen LogP contribution is 2.21. The summed E-state index contributed by atoms with van der Waals surface area (Å²) in [5, 5.41) is 0. The van der Waals surface area contributed by atoms with Crippen molar-refractivity contribution in [2.24, 2.45) is 0 Å². The average molecular weight is 363 g/mol. The summed E-state index contributed by atoms with van der Waals surface area (Å²) in [6, 6.07) is 11.1. The van der Waals surface area contributed by atoms with Crippen molar-refractivity contribution < 1.29 is 18.3 Å². The second kappa shape index (κ2) is 9.22. The van der Waals surface area contributed by atoms with Crippen LogP contribution < -0.4 is 4.74 Å². The molecule has 0 saturated carbocycles. The molecule has 2 rings (SSSR count). The fraction of sp³-hybridized carbons (Fsp3) is 0.211. The molecule has 0 spiro atoms. The lowest BCUT2D eigenvalue weighted by Crippen LogP contribution is -2.32. The van der Waals surface area contributed by atoms with E-state index in [1.54, 1.807) is 18.1 Å². The number of thioether (sulfide) groups is 1. The third-order valence-corrected chi connectivity index (χ3v) is 4.47. The van der Waals surface area contributed by atoms with E-state index in [1.165, 1.54) is 17.8 Å². The summed E-state index contributed by atoms with van der Waals surface area (Å²) in [6.07, 6.45) is 1.66. The fourth-order valence-corrected chi connectivity index (χ4v) is 2.99. The topological polar surface area (TPSA) is 29.5 Å². The number of rotatable bonds is 8. The maximum absolute atomic E-state index is 13.2. The number of amides is 1. The first-order chi connectivity index (χ1) is 12.0. The second-order valence-electron chi connectivity index (χ2n) is 5.28. The third-order valence-electron chi connectivity index (χ3n) is 3.49. The zero-order valence-electron chi connectivity index (χ0n) is 13.9. The summed E-state index contributed by atoms with van der Waals surface area (Å²) < 4.78 is 31.3. The Hall–Kier alpha value is -2.34. The molecule has 0 N–H and O–H groups in total. The highest BCUT2D eigenvalue weighted by Gasteiger charge is 2.14. The van der Waals surface area contributed by atoms with Crippen LogP contribution in [-0.4, -0.2) is 30.2 Å². The van der Waals surface area contributed by atoms with Gasteiger partial charge in [-0.05, 0) is 35.9 Å². The molecule has 0 bridgehead atoms. The molecule has 25 heavy (non-hydrogen) atoms. The molecule has 0 atom stereocenters. The van der Waals surface area contributed by atoms with E-state index in [4.69, 9.17) is 4.74 Å². The number of methoxy groups -OCH3 is 1. The van der Waals surface area contributed by atoms with Gasteiger partial charge in [-0.2, -0.15) is 0 Å². The van der Waals surface area contributed by atoms with Gasteiger partial charge in [0.1, 0.15) is 5.75 Å². The first kappa shape index (κ1) is 19.0. The van der Waals surface area contributed by atoms with Crippen LogP contribution in [0.1, 0.15) is 5.56 Å². The predicted octanol–water partition coefficient (Wildman–Crippen LogP) is 4.28. The van der Waals surface area contributed by atoms with E-state index in [0.717, 1.165) is 23.4 Å². The number of carbonyl (C=O) groups excluding carboxylic acids is 1. The van der Waals surface area contributed by atoms with Crippen molar-refractivity contribution in [3.63, 3.8) is 0 Å². The summed E-state index contributed by atoms with van der Waals surface area (Å²) in [4.78, 5) is 14.6. The van der Waals surface area contributed by atoms with Gasteiger partial charge < -0.3 is 9.64 Å². The van der Waals surface area contributed by atoms with Crippen molar-refractivity contribution >= 4 is 17.7 Å². The highest BCUT2D eigenvalue weighted by atomic mass is 32.2. The summed E-state index contributed by atoms with van der Waals surface area (Å²) in [6.45, 7) is 4.52. The first-order valence-corrected chi connectivity index (χ1v) is 8.61. The summed E-state index contributed by atoms with van der Waals surface area (Å²) in [7, 11) is 1.60. The van der Waals surface area contributed by atoms with E-state index in [1.807, 2.05) is 24.3 Å². The van der Waals surface area contributed by atoms with E-state index in [-0.39, 0.29) is 11.7 Å². The van der Waals surface area contributed by atoms with Crippen LogP contribution in [0.5, 0.6) is 5.75 Å². The van der Waals surface area contributed by atoms with Crippen LogP contribution in [-0.2, 0) is 11.3 Å². The molecule has 0 aliphatic rings. The summed E-state index contributed by atoms with van der Waals surface area (Å²) >= 11 is 1.17. The largest absolute Gasteiger partial charge is 0.497 e. The molecule has 0 aliphatic carbocycles. The van der Waals surface area contributed by atoms with Gasteiger partial charge in [0.15, 0.2) is 11.6 Å². The van der Waals surface area contributed by atoms with Crippen molar-refractivity contribution in [1.82, 2.24) is 4.90 Å². The van der Waals surface area contributed by atoms with Crippen molar-refractivity contribution in [2.45, 2.75) is 11.4 Å². The SMILES string of the molecule is C=CCN(Cc1ccc(OC)cc1)C(=O)CSc1ccc(F)c(F)c1. The van der Waals surface area contributed by atoms with Gasteiger partial charge in [0.05, 0.1) is 12.9 Å². The molecule has 2 aromatic carbocycles. The van der Waals surface area contributed by atoms with Crippen LogP contribution in [0.4, 0.5) is 8.78 Å². The standard InChI is InChI=1S/C19H19F2NO2S/c1-3-10-22(12-14-4-6-15(24-2)7-5-14)19(23)13-25-16-8-9-17(20)18(21)11-16/h3-9,11H,1,10,12-13H2,2H3. The Morgan fingerprint density at radius 1 is 1.20 bits per heavy atom. The van der Waals surface area contributed by atoms with Gasteiger partial charge in [0, 0.05) is 18.0 Å². The first-order valence-electron chi connectivity index (χ1n) is 7.63. The van der Waals surface area contributed by atoms with Gasteiger partial charge >= 0.3 is 0 Å². The number of hydrogen-bond donors (Lipinski definition) is 0. The molecule has 6 heteroatoms. The molecule has 0 aliphatic heterocycles. The third kappa shape index (κ3) is 5.60. The van der Waals surface area contributed by atoms with Gasteiger partial charge in [-0.15, -0.1) is 18.3 Å². The van der Waals surface area contributed by atoms with Crippen molar-refractivity contribution in [1.29, 1.82) is 0 Å². The van der Waals surface area contributed by atoms with Crippen LogP contribution in [0, 0.1) is 11.6 Å². The monoisotopic (exact) mass is 363 g/mol. The number of nitrogens with zero attached hydrogens (tertiary/aromatic N) is 1. The zero-order chi connectivity index (χ0) is 18.2. The van der Waals surface area contributed by atoms with Gasteiger partial charge in [-0.1, -0.05) is 18.2 Å². The predicted molar refractivity (Wildman–Crippen MR) is 95.7 cm³/mol. The normalized spacial score (nSPS) is 10.4. The summed E-state index contributed by atoms with van der Waals surface area (Å²) in [5.74, 6) is -1.04. The van der Waals surface area contributed by atoms with Crippen molar-refractivity contribution in [2.75, 3.05) is 19.4 Å². The number of carbonyl (C=O) groups is 1.